The first-order valence-corrected chi connectivity index (χ1v) is 8.34. The zero-order valence-corrected chi connectivity index (χ0v) is 15.5. The molecule has 3 rings (SSSR count). The molecule has 4 nitrogen and oxygen atoms in total. The lowest BCUT2D eigenvalue weighted by Gasteiger charge is -2.10. The van der Waals surface area contributed by atoms with Gasteiger partial charge in [0.15, 0.2) is 5.78 Å². The van der Waals surface area contributed by atoms with E-state index in [0.29, 0.717) is 20.0 Å². The van der Waals surface area contributed by atoms with E-state index < -0.39 is 11.6 Å². The van der Waals surface area contributed by atoms with E-state index in [4.69, 9.17) is 11.6 Å². The van der Waals surface area contributed by atoms with Crippen LogP contribution in [0.1, 0.15) is 15.9 Å². The summed E-state index contributed by atoms with van der Waals surface area (Å²) in [6, 6.07) is 5.23. The Morgan fingerprint density at radius 2 is 2.00 bits per heavy atom. The fourth-order valence-corrected chi connectivity index (χ4v) is 4.30. The molecule has 0 bridgehead atoms. The highest BCUT2D eigenvalue weighted by Crippen LogP contribution is 2.35. The number of halogens is 4. The first kappa shape index (κ1) is 16.4. The van der Waals surface area contributed by atoms with Crippen LogP contribution in [0.3, 0.4) is 0 Å². The van der Waals surface area contributed by atoms with Crippen molar-refractivity contribution >= 4 is 60.3 Å². The number of aromatic nitrogens is 2. The third-order valence-electron chi connectivity index (χ3n) is 3.47. The van der Waals surface area contributed by atoms with E-state index in [0.717, 1.165) is 6.07 Å². The van der Waals surface area contributed by atoms with Crippen LogP contribution in [0, 0.1) is 5.82 Å². The van der Waals surface area contributed by atoms with Gasteiger partial charge in [-0.2, -0.15) is 0 Å². The van der Waals surface area contributed by atoms with Crippen LogP contribution in [0.25, 0.3) is 11.0 Å². The molecule has 3 aromatic rings. The SMILES string of the molecule is Cn1c(=O)[nH]c2cc(Br)c(C(=O)c3cc(F)ccc3Cl)c(Br)c21. The van der Waals surface area contributed by atoms with Crippen molar-refractivity contribution in [1.82, 2.24) is 9.55 Å². The lowest BCUT2D eigenvalue weighted by Crippen LogP contribution is -2.12. The molecule has 0 unspecified atom stereocenters. The maximum Gasteiger partial charge on any atom is 0.326 e. The fourth-order valence-electron chi connectivity index (χ4n) is 2.35. The van der Waals surface area contributed by atoms with Gasteiger partial charge in [-0.1, -0.05) is 11.6 Å². The van der Waals surface area contributed by atoms with Gasteiger partial charge in [-0.15, -0.1) is 0 Å². The second-order valence-corrected chi connectivity index (χ2v) is 6.94. The molecule has 2 aromatic carbocycles. The van der Waals surface area contributed by atoms with E-state index in [9.17, 15) is 14.0 Å². The van der Waals surface area contributed by atoms with Gasteiger partial charge in [0, 0.05) is 17.1 Å². The number of carbonyl (C=O) groups excluding carboxylic acids is 1. The number of rotatable bonds is 2. The fraction of sp³-hybridized carbons (Fsp3) is 0.0667. The quantitative estimate of drug-likeness (QED) is 0.574. The van der Waals surface area contributed by atoms with Crippen LogP contribution in [-0.4, -0.2) is 15.3 Å². The predicted molar refractivity (Wildman–Crippen MR) is 93.8 cm³/mol. The largest absolute Gasteiger partial charge is 0.326 e. The third kappa shape index (κ3) is 2.66. The standard InChI is InChI=1S/C15H8Br2ClFN2O2/c1-21-13-10(20-15(21)23)5-8(16)11(12(13)17)14(22)7-4-6(19)2-3-9(7)18/h2-5H,1H3,(H,20,23). The topological polar surface area (TPSA) is 54.9 Å². The van der Waals surface area contributed by atoms with Gasteiger partial charge in [-0.05, 0) is 56.1 Å². The van der Waals surface area contributed by atoms with Gasteiger partial charge >= 0.3 is 5.69 Å². The summed E-state index contributed by atoms with van der Waals surface area (Å²) in [6.45, 7) is 0. The minimum absolute atomic E-state index is 0.0490. The molecule has 0 amide bonds. The zero-order valence-electron chi connectivity index (χ0n) is 11.6. The van der Waals surface area contributed by atoms with Gasteiger partial charge in [-0.25, -0.2) is 9.18 Å². The van der Waals surface area contributed by atoms with Gasteiger partial charge in [0.1, 0.15) is 5.82 Å². The highest BCUT2D eigenvalue weighted by atomic mass is 79.9. The van der Waals surface area contributed by atoms with Crippen molar-refractivity contribution in [3.05, 3.63) is 65.7 Å². The first-order valence-electron chi connectivity index (χ1n) is 6.37. The molecule has 0 radical (unpaired) electrons. The molecule has 1 aromatic heterocycles. The van der Waals surface area contributed by atoms with Gasteiger partial charge in [0.25, 0.3) is 0 Å². The lowest BCUT2D eigenvalue weighted by atomic mass is 10.0. The average Bonchev–Trinajstić information content (AvgIpc) is 2.76. The van der Waals surface area contributed by atoms with Crippen molar-refractivity contribution < 1.29 is 9.18 Å². The molecule has 0 aliphatic heterocycles. The lowest BCUT2D eigenvalue weighted by molar-refractivity contribution is 0.103. The van der Waals surface area contributed by atoms with Crippen LogP contribution in [-0.2, 0) is 7.05 Å². The summed E-state index contributed by atoms with van der Waals surface area (Å²) in [5, 5.41) is 0.151. The number of ketones is 1. The van der Waals surface area contributed by atoms with Crippen molar-refractivity contribution in [1.29, 1.82) is 0 Å². The average molecular weight is 462 g/mol. The van der Waals surface area contributed by atoms with E-state index in [1.54, 1.807) is 13.1 Å². The first-order chi connectivity index (χ1) is 10.8. The van der Waals surface area contributed by atoms with Crippen molar-refractivity contribution in [2.24, 2.45) is 7.05 Å². The maximum atomic E-state index is 13.5. The Hall–Kier alpha value is -1.44. The van der Waals surface area contributed by atoms with Crippen molar-refractivity contribution in [3.63, 3.8) is 0 Å². The molecule has 118 valence electrons. The van der Waals surface area contributed by atoms with Crippen LogP contribution in [0.2, 0.25) is 5.02 Å². The van der Waals surface area contributed by atoms with E-state index in [1.165, 1.54) is 16.7 Å². The molecule has 1 N–H and O–H groups in total. The highest BCUT2D eigenvalue weighted by Gasteiger charge is 2.23. The monoisotopic (exact) mass is 460 g/mol. The smallest absolute Gasteiger partial charge is 0.305 e. The number of nitrogens with one attached hydrogen (secondary N) is 1. The van der Waals surface area contributed by atoms with Gasteiger partial charge in [0.2, 0.25) is 0 Å². The number of aromatic amines is 1. The van der Waals surface area contributed by atoms with Crippen LogP contribution in [0.5, 0.6) is 0 Å². The predicted octanol–water partition coefficient (Wildman–Crippen LogP) is 4.42. The minimum atomic E-state index is -0.555. The Balaban J connectivity index is 2.31. The molecule has 23 heavy (non-hydrogen) atoms. The number of hydrogen-bond donors (Lipinski definition) is 1. The molecular formula is C15H8Br2ClFN2O2. The number of imidazole rings is 1. The molecule has 0 aliphatic rings. The second kappa shape index (κ2) is 5.89. The number of nitrogens with zero attached hydrogens (tertiary/aromatic N) is 1. The van der Waals surface area contributed by atoms with Gasteiger partial charge in [0.05, 0.1) is 26.1 Å². The Labute approximate surface area is 151 Å². The number of hydrogen-bond acceptors (Lipinski definition) is 2. The van der Waals surface area contributed by atoms with Crippen LogP contribution < -0.4 is 5.69 Å². The van der Waals surface area contributed by atoms with Crippen molar-refractivity contribution in [2.45, 2.75) is 0 Å². The summed E-state index contributed by atoms with van der Waals surface area (Å²) in [7, 11) is 1.59. The molecule has 8 heteroatoms. The second-order valence-electron chi connectivity index (χ2n) is 4.89. The van der Waals surface area contributed by atoms with Crippen LogP contribution in [0.15, 0.2) is 38.0 Å². The molecule has 0 saturated carbocycles. The third-order valence-corrected chi connectivity index (χ3v) is 5.20. The summed E-state index contributed by atoms with van der Waals surface area (Å²) in [6.07, 6.45) is 0. The van der Waals surface area contributed by atoms with Crippen LogP contribution in [0.4, 0.5) is 4.39 Å². The highest BCUT2D eigenvalue weighted by molar-refractivity contribution is 9.11. The normalized spacial score (nSPS) is 11.2. The molecular weight excluding hydrogens is 454 g/mol. The summed E-state index contributed by atoms with van der Waals surface area (Å²) in [5.41, 5.74) is 1.11. The van der Waals surface area contributed by atoms with Gasteiger partial charge in [-0.3, -0.25) is 9.36 Å². The molecule has 0 saturated heterocycles. The zero-order chi connectivity index (χ0) is 16.9. The van der Waals surface area contributed by atoms with E-state index in [1.807, 2.05) is 0 Å². The molecule has 0 atom stereocenters. The maximum absolute atomic E-state index is 13.5. The van der Waals surface area contributed by atoms with E-state index in [-0.39, 0.29) is 21.8 Å². The minimum Gasteiger partial charge on any atom is -0.305 e. The summed E-state index contributed by atoms with van der Waals surface area (Å²) in [4.78, 5) is 27.3. The van der Waals surface area contributed by atoms with Crippen LogP contribution >= 0.6 is 43.5 Å². The number of carbonyl (C=O) groups is 1. The Morgan fingerprint density at radius 3 is 2.70 bits per heavy atom. The summed E-state index contributed by atoms with van der Waals surface area (Å²) in [5.74, 6) is -1.01. The van der Waals surface area contributed by atoms with Crippen molar-refractivity contribution in [2.75, 3.05) is 0 Å². The molecule has 1 heterocycles. The number of benzene rings is 2. The summed E-state index contributed by atoms with van der Waals surface area (Å²) >= 11 is 12.7. The number of fused-ring (bicyclic) bond motifs is 1. The number of H-pyrrole nitrogens is 1. The van der Waals surface area contributed by atoms with E-state index >= 15 is 0 Å². The summed E-state index contributed by atoms with van der Waals surface area (Å²) < 4.78 is 15.7. The number of aryl methyl sites for hydroxylation is 1. The molecule has 0 aliphatic carbocycles. The molecule has 0 fully saturated rings. The molecule has 0 spiro atoms. The Kier molecular flexibility index (Phi) is 4.20. The Morgan fingerprint density at radius 1 is 1.30 bits per heavy atom. The van der Waals surface area contributed by atoms with E-state index in [2.05, 4.69) is 36.8 Å². The van der Waals surface area contributed by atoms with Gasteiger partial charge < -0.3 is 4.98 Å². The Bertz CT molecular complexity index is 1030. The van der Waals surface area contributed by atoms with Crippen molar-refractivity contribution in [3.8, 4) is 0 Å².